The highest BCUT2D eigenvalue weighted by atomic mass is 16.2. The van der Waals surface area contributed by atoms with Crippen LogP contribution in [0.2, 0.25) is 0 Å². The van der Waals surface area contributed by atoms with Crippen LogP contribution in [0.15, 0.2) is 24.5 Å². The van der Waals surface area contributed by atoms with Crippen LogP contribution < -0.4 is 4.90 Å². The van der Waals surface area contributed by atoms with Crippen molar-refractivity contribution in [2.75, 3.05) is 31.1 Å². The molecule has 2 heterocycles. The molecule has 0 aromatic carbocycles. The first-order chi connectivity index (χ1) is 11.8. The molecule has 1 amide bonds. The summed E-state index contributed by atoms with van der Waals surface area (Å²) in [6.45, 7) is 3.56. The Kier molecular flexibility index (Phi) is 6.50. The number of nitrogens with zero attached hydrogens (tertiary/aromatic N) is 3. The maximum atomic E-state index is 12.4. The summed E-state index contributed by atoms with van der Waals surface area (Å²) in [6.07, 6.45) is 15.2. The van der Waals surface area contributed by atoms with Crippen LogP contribution in [-0.4, -0.2) is 42.0 Å². The molecule has 0 atom stereocenters. The van der Waals surface area contributed by atoms with Crippen molar-refractivity contribution < 1.29 is 4.79 Å². The van der Waals surface area contributed by atoms with Gasteiger partial charge in [-0.25, -0.2) is 0 Å². The number of unbranched alkanes of at least 4 members (excludes halogenated alkanes) is 1. The van der Waals surface area contributed by atoms with Crippen molar-refractivity contribution >= 4 is 11.6 Å². The smallest absolute Gasteiger partial charge is 0.222 e. The van der Waals surface area contributed by atoms with Gasteiger partial charge in [0.15, 0.2) is 0 Å². The third kappa shape index (κ3) is 4.96. The van der Waals surface area contributed by atoms with Crippen LogP contribution in [0.4, 0.5) is 5.69 Å². The second-order valence-electron chi connectivity index (χ2n) is 7.32. The van der Waals surface area contributed by atoms with E-state index < -0.39 is 0 Å². The lowest BCUT2D eigenvalue weighted by atomic mass is 9.85. The molecule has 2 aliphatic rings. The van der Waals surface area contributed by atoms with Gasteiger partial charge in [-0.15, -0.1) is 0 Å². The minimum absolute atomic E-state index is 0.355. The number of anilines is 1. The second kappa shape index (κ2) is 9.05. The van der Waals surface area contributed by atoms with Gasteiger partial charge in [0.05, 0.1) is 0 Å². The van der Waals surface area contributed by atoms with Crippen LogP contribution in [0.25, 0.3) is 0 Å². The molecule has 1 saturated heterocycles. The molecule has 2 fully saturated rings. The molecule has 4 heteroatoms. The van der Waals surface area contributed by atoms with Gasteiger partial charge in [0.1, 0.15) is 0 Å². The van der Waals surface area contributed by atoms with E-state index in [2.05, 4.69) is 14.8 Å². The Morgan fingerprint density at radius 1 is 1.00 bits per heavy atom. The van der Waals surface area contributed by atoms with Crippen LogP contribution in [-0.2, 0) is 4.79 Å². The largest absolute Gasteiger partial charge is 0.368 e. The number of amides is 1. The van der Waals surface area contributed by atoms with Gasteiger partial charge in [0.25, 0.3) is 0 Å². The molecule has 4 nitrogen and oxygen atoms in total. The molecule has 3 rings (SSSR count). The zero-order valence-electron chi connectivity index (χ0n) is 14.8. The van der Waals surface area contributed by atoms with E-state index in [0.29, 0.717) is 5.91 Å². The maximum Gasteiger partial charge on any atom is 0.222 e. The molecule has 0 unspecified atom stereocenters. The minimum atomic E-state index is 0.355. The van der Waals surface area contributed by atoms with Crippen molar-refractivity contribution in [1.29, 1.82) is 0 Å². The Balaban J connectivity index is 1.32. The Morgan fingerprint density at radius 2 is 1.71 bits per heavy atom. The third-order valence-electron chi connectivity index (χ3n) is 5.64. The predicted molar refractivity (Wildman–Crippen MR) is 98.1 cm³/mol. The quantitative estimate of drug-likeness (QED) is 0.743. The van der Waals surface area contributed by atoms with Gasteiger partial charge in [-0.2, -0.15) is 0 Å². The van der Waals surface area contributed by atoms with E-state index in [4.69, 9.17) is 0 Å². The zero-order chi connectivity index (χ0) is 16.6. The molecular formula is C20H31N3O. The molecule has 24 heavy (non-hydrogen) atoms. The topological polar surface area (TPSA) is 36.4 Å². The second-order valence-corrected chi connectivity index (χ2v) is 7.32. The lowest BCUT2D eigenvalue weighted by molar-refractivity contribution is -0.131. The lowest BCUT2D eigenvalue weighted by Crippen LogP contribution is -2.48. The zero-order valence-corrected chi connectivity index (χ0v) is 14.8. The number of carbonyl (C=O) groups is 1. The highest BCUT2D eigenvalue weighted by molar-refractivity contribution is 5.76. The predicted octanol–water partition coefficient (Wildman–Crippen LogP) is 3.87. The first-order valence-electron chi connectivity index (χ1n) is 9.75. The first kappa shape index (κ1) is 17.2. The van der Waals surface area contributed by atoms with Crippen LogP contribution in [0.5, 0.6) is 0 Å². The van der Waals surface area contributed by atoms with E-state index in [0.717, 1.165) is 44.9 Å². The van der Waals surface area contributed by atoms with Crippen molar-refractivity contribution in [2.45, 2.75) is 57.8 Å². The van der Waals surface area contributed by atoms with Crippen molar-refractivity contribution in [3.63, 3.8) is 0 Å². The van der Waals surface area contributed by atoms with Gasteiger partial charge in [-0.05, 0) is 24.5 Å². The highest BCUT2D eigenvalue weighted by Gasteiger charge is 2.21. The van der Waals surface area contributed by atoms with Crippen molar-refractivity contribution in [3.8, 4) is 0 Å². The average molecular weight is 329 g/mol. The Labute approximate surface area is 146 Å². The summed E-state index contributed by atoms with van der Waals surface area (Å²) in [5.41, 5.74) is 1.21. The summed E-state index contributed by atoms with van der Waals surface area (Å²) >= 11 is 0. The number of carbonyl (C=O) groups excluding carboxylic acids is 1. The van der Waals surface area contributed by atoms with Crippen molar-refractivity contribution in [2.24, 2.45) is 5.92 Å². The molecule has 0 spiro atoms. The normalized spacial score (nSPS) is 19.5. The summed E-state index contributed by atoms with van der Waals surface area (Å²) in [6, 6.07) is 4.09. The number of hydrogen-bond acceptors (Lipinski definition) is 3. The maximum absolute atomic E-state index is 12.4. The van der Waals surface area contributed by atoms with E-state index in [-0.39, 0.29) is 0 Å². The van der Waals surface area contributed by atoms with Crippen LogP contribution >= 0.6 is 0 Å². The number of rotatable bonds is 6. The number of pyridine rings is 1. The van der Waals surface area contributed by atoms with E-state index >= 15 is 0 Å². The SMILES string of the molecule is O=C(CCCCC1CCCCC1)N1CCN(c2ccncc2)CC1. The summed E-state index contributed by atoms with van der Waals surface area (Å²) in [7, 11) is 0. The molecule has 1 aromatic heterocycles. The molecule has 132 valence electrons. The third-order valence-corrected chi connectivity index (χ3v) is 5.64. The van der Waals surface area contributed by atoms with Crippen molar-refractivity contribution in [1.82, 2.24) is 9.88 Å². The summed E-state index contributed by atoms with van der Waals surface area (Å²) in [4.78, 5) is 20.9. The molecule has 0 bridgehead atoms. The molecule has 0 radical (unpaired) electrons. The van der Waals surface area contributed by atoms with E-state index in [1.807, 2.05) is 24.5 Å². The fraction of sp³-hybridized carbons (Fsp3) is 0.700. The fourth-order valence-corrected chi connectivity index (χ4v) is 4.11. The van der Waals surface area contributed by atoms with Gasteiger partial charge in [0.2, 0.25) is 5.91 Å². The number of piperazine rings is 1. The van der Waals surface area contributed by atoms with Crippen LogP contribution in [0, 0.1) is 5.92 Å². The molecule has 1 saturated carbocycles. The molecule has 0 N–H and O–H groups in total. The standard InChI is InChI=1S/C20H31N3O/c24-20(9-5-4-8-18-6-2-1-3-7-18)23-16-14-22(15-17-23)19-10-12-21-13-11-19/h10-13,18H,1-9,14-17H2. The highest BCUT2D eigenvalue weighted by Crippen LogP contribution is 2.28. The average Bonchev–Trinajstić information content (AvgIpc) is 2.67. The fourth-order valence-electron chi connectivity index (χ4n) is 4.11. The van der Waals surface area contributed by atoms with E-state index in [1.54, 1.807) is 0 Å². The minimum Gasteiger partial charge on any atom is -0.368 e. The lowest BCUT2D eigenvalue weighted by Gasteiger charge is -2.36. The molecule has 1 aliphatic heterocycles. The van der Waals surface area contributed by atoms with Gasteiger partial charge < -0.3 is 9.80 Å². The van der Waals surface area contributed by atoms with Crippen LogP contribution in [0.3, 0.4) is 0 Å². The Morgan fingerprint density at radius 3 is 2.42 bits per heavy atom. The summed E-state index contributed by atoms with van der Waals surface area (Å²) in [5, 5.41) is 0. The van der Waals surface area contributed by atoms with Gasteiger partial charge in [0, 0.05) is 50.7 Å². The molecule has 1 aliphatic carbocycles. The van der Waals surface area contributed by atoms with Gasteiger partial charge >= 0.3 is 0 Å². The molecular weight excluding hydrogens is 298 g/mol. The first-order valence-corrected chi connectivity index (χ1v) is 9.75. The van der Waals surface area contributed by atoms with Crippen molar-refractivity contribution in [3.05, 3.63) is 24.5 Å². The van der Waals surface area contributed by atoms with Gasteiger partial charge in [-0.1, -0.05) is 44.9 Å². The Bertz CT molecular complexity index is 491. The van der Waals surface area contributed by atoms with E-state index in [1.165, 1.54) is 50.6 Å². The number of aromatic nitrogens is 1. The van der Waals surface area contributed by atoms with E-state index in [9.17, 15) is 4.79 Å². The van der Waals surface area contributed by atoms with Gasteiger partial charge in [-0.3, -0.25) is 9.78 Å². The van der Waals surface area contributed by atoms with Crippen LogP contribution in [0.1, 0.15) is 57.8 Å². The summed E-state index contributed by atoms with van der Waals surface area (Å²) < 4.78 is 0. The number of hydrogen-bond donors (Lipinski definition) is 0. The Hall–Kier alpha value is -1.58. The molecule has 1 aromatic rings. The summed E-state index contributed by atoms with van der Waals surface area (Å²) in [5.74, 6) is 1.30. The monoisotopic (exact) mass is 329 g/mol.